The van der Waals surface area contributed by atoms with E-state index in [1.54, 1.807) is 11.9 Å². The maximum absolute atomic E-state index is 11.6. The summed E-state index contributed by atoms with van der Waals surface area (Å²) in [6.45, 7) is 3.73. The minimum atomic E-state index is -0.338. The summed E-state index contributed by atoms with van der Waals surface area (Å²) in [5.74, 6) is -0.276. The third kappa shape index (κ3) is 2.92. The fourth-order valence-corrected chi connectivity index (χ4v) is 1.91. The second-order valence-corrected chi connectivity index (χ2v) is 3.97. The molecule has 2 amide bonds. The van der Waals surface area contributed by atoms with Crippen LogP contribution in [0.15, 0.2) is 0 Å². The number of hydrogen-bond donors (Lipinski definition) is 1. The Labute approximate surface area is 90.2 Å². The highest BCUT2D eigenvalue weighted by Gasteiger charge is 2.27. The monoisotopic (exact) mass is 213 g/mol. The van der Waals surface area contributed by atoms with Crippen molar-refractivity contribution in [1.29, 1.82) is 0 Å². The maximum atomic E-state index is 11.6. The van der Waals surface area contributed by atoms with E-state index in [0.717, 1.165) is 19.5 Å². The molecule has 1 fully saturated rings. The van der Waals surface area contributed by atoms with Crippen LogP contribution in [-0.2, 0) is 9.59 Å². The number of carbonyl (C=O) groups excluding carboxylic acids is 2. The van der Waals surface area contributed by atoms with Crippen LogP contribution in [0.2, 0.25) is 0 Å². The smallest absolute Gasteiger partial charge is 0.236 e. The lowest BCUT2D eigenvalue weighted by Crippen LogP contribution is -2.47. The second kappa shape index (κ2) is 5.11. The first-order chi connectivity index (χ1) is 7.06. The second-order valence-electron chi connectivity index (χ2n) is 3.97. The molecule has 0 radical (unpaired) electrons. The molecule has 1 rings (SSSR count). The van der Waals surface area contributed by atoms with Gasteiger partial charge in [-0.2, -0.15) is 0 Å². The van der Waals surface area contributed by atoms with Crippen molar-refractivity contribution in [3.8, 4) is 0 Å². The van der Waals surface area contributed by atoms with Crippen molar-refractivity contribution < 1.29 is 9.59 Å². The van der Waals surface area contributed by atoms with Gasteiger partial charge in [-0.1, -0.05) is 6.92 Å². The van der Waals surface area contributed by atoms with Crippen molar-refractivity contribution >= 4 is 11.8 Å². The van der Waals surface area contributed by atoms with Crippen LogP contribution < -0.4 is 5.73 Å². The summed E-state index contributed by atoms with van der Waals surface area (Å²) >= 11 is 0. The molecule has 1 aliphatic heterocycles. The molecule has 5 nitrogen and oxygen atoms in total. The topological polar surface area (TPSA) is 66.6 Å². The van der Waals surface area contributed by atoms with Gasteiger partial charge in [0, 0.05) is 20.1 Å². The predicted molar refractivity (Wildman–Crippen MR) is 57.1 cm³/mol. The third-order valence-corrected chi connectivity index (χ3v) is 2.86. The Balaban J connectivity index is 2.68. The van der Waals surface area contributed by atoms with Crippen molar-refractivity contribution in [2.75, 3.05) is 26.7 Å². The van der Waals surface area contributed by atoms with Gasteiger partial charge in [0.1, 0.15) is 0 Å². The number of primary amides is 1. The van der Waals surface area contributed by atoms with Gasteiger partial charge < -0.3 is 10.6 Å². The highest BCUT2D eigenvalue weighted by Crippen LogP contribution is 2.09. The van der Waals surface area contributed by atoms with Crippen LogP contribution in [-0.4, -0.2) is 54.3 Å². The molecular formula is C10H19N3O2. The largest absolute Gasteiger partial charge is 0.368 e. The molecule has 0 aromatic rings. The molecule has 1 atom stereocenters. The fourth-order valence-electron chi connectivity index (χ4n) is 1.91. The van der Waals surface area contributed by atoms with Crippen molar-refractivity contribution in [3.05, 3.63) is 0 Å². The van der Waals surface area contributed by atoms with E-state index in [2.05, 4.69) is 0 Å². The minimum absolute atomic E-state index is 0.0622. The Morgan fingerprint density at radius 2 is 2.20 bits per heavy atom. The molecule has 5 heteroatoms. The number of likely N-dealkylation sites (N-methyl/N-ethyl adjacent to an activating group) is 1. The molecule has 1 saturated heterocycles. The number of nitrogens with two attached hydrogens (primary N) is 1. The summed E-state index contributed by atoms with van der Waals surface area (Å²) in [5.41, 5.74) is 5.30. The van der Waals surface area contributed by atoms with E-state index in [1.807, 2.05) is 11.8 Å². The highest BCUT2D eigenvalue weighted by molar-refractivity contribution is 5.82. The van der Waals surface area contributed by atoms with Crippen LogP contribution in [0.3, 0.4) is 0 Å². The van der Waals surface area contributed by atoms with Crippen LogP contribution in [0.1, 0.15) is 19.8 Å². The average Bonchev–Trinajstić information content (AvgIpc) is 2.31. The Kier molecular flexibility index (Phi) is 4.08. The zero-order valence-electron chi connectivity index (χ0n) is 9.40. The standard InChI is InChI=1S/C10H19N3O2/c1-3-8(10(11)15)13-6-4-5-12(2)9(14)7-13/h8H,3-7H2,1-2H3,(H2,11,15). The minimum Gasteiger partial charge on any atom is -0.368 e. The molecule has 0 bridgehead atoms. The fraction of sp³-hybridized carbons (Fsp3) is 0.800. The van der Waals surface area contributed by atoms with Crippen LogP contribution in [0, 0.1) is 0 Å². The van der Waals surface area contributed by atoms with Gasteiger partial charge >= 0.3 is 0 Å². The van der Waals surface area contributed by atoms with E-state index >= 15 is 0 Å². The lowest BCUT2D eigenvalue weighted by atomic mass is 10.1. The summed E-state index contributed by atoms with van der Waals surface area (Å²) in [6.07, 6.45) is 1.55. The van der Waals surface area contributed by atoms with Crippen LogP contribution in [0.4, 0.5) is 0 Å². The summed E-state index contributed by atoms with van der Waals surface area (Å²) in [5, 5.41) is 0. The highest BCUT2D eigenvalue weighted by atomic mass is 16.2. The third-order valence-electron chi connectivity index (χ3n) is 2.86. The summed E-state index contributed by atoms with van der Waals surface area (Å²) in [4.78, 5) is 26.4. The average molecular weight is 213 g/mol. The van der Waals surface area contributed by atoms with E-state index in [9.17, 15) is 9.59 Å². The lowest BCUT2D eigenvalue weighted by Gasteiger charge is -2.26. The zero-order chi connectivity index (χ0) is 11.4. The Morgan fingerprint density at radius 3 is 2.73 bits per heavy atom. The quantitative estimate of drug-likeness (QED) is 0.681. The van der Waals surface area contributed by atoms with Crippen LogP contribution in [0.5, 0.6) is 0 Å². The number of nitrogens with zero attached hydrogens (tertiary/aromatic N) is 2. The van der Waals surface area contributed by atoms with Crippen LogP contribution in [0.25, 0.3) is 0 Å². The molecule has 2 N–H and O–H groups in total. The first-order valence-corrected chi connectivity index (χ1v) is 5.33. The molecule has 0 spiro atoms. The number of amides is 2. The molecule has 1 unspecified atom stereocenters. The predicted octanol–water partition coefficient (Wildman–Crippen LogP) is -0.586. The number of rotatable bonds is 3. The molecule has 15 heavy (non-hydrogen) atoms. The molecule has 0 aromatic heterocycles. The van der Waals surface area contributed by atoms with Crippen molar-refractivity contribution in [2.45, 2.75) is 25.8 Å². The summed E-state index contributed by atoms with van der Waals surface area (Å²) in [7, 11) is 1.79. The van der Waals surface area contributed by atoms with E-state index in [0.29, 0.717) is 13.0 Å². The molecule has 0 aliphatic carbocycles. The van der Waals surface area contributed by atoms with Crippen molar-refractivity contribution in [3.63, 3.8) is 0 Å². The van der Waals surface area contributed by atoms with Crippen LogP contribution >= 0.6 is 0 Å². The Bertz CT molecular complexity index is 255. The van der Waals surface area contributed by atoms with Gasteiger partial charge in [0.25, 0.3) is 0 Å². The van der Waals surface area contributed by atoms with E-state index in [4.69, 9.17) is 5.73 Å². The molecular weight excluding hydrogens is 194 g/mol. The zero-order valence-corrected chi connectivity index (χ0v) is 9.40. The van der Waals surface area contributed by atoms with Crippen molar-refractivity contribution in [1.82, 2.24) is 9.80 Å². The Hall–Kier alpha value is -1.10. The normalized spacial score (nSPS) is 21.2. The van der Waals surface area contributed by atoms with E-state index in [1.165, 1.54) is 0 Å². The van der Waals surface area contributed by atoms with Gasteiger partial charge in [-0.15, -0.1) is 0 Å². The first kappa shape index (κ1) is 12.0. The van der Waals surface area contributed by atoms with Crippen molar-refractivity contribution in [2.24, 2.45) is 5.73 Å². The summed E-state index contributed by atoms with van der Waals surface area (Å²) < 4.78 is 0. The molecule has 0 aromatic carbocycles. The number of carbonyl (C=O) groups is 2. The first-order valence-electron chi connectivity index (χ1n) is 5.33. The van der Waals surface area contributed by atoms with Gasteiger partial charge in [0.2, 0.25) is 11.8 Å². The van der Waals surface area contributed by atoms with E-state index < -0.39 is 0 Å². The van der Waals surface area contributed by atoms with Gasteiger partial charge in [-0.05, 0) is 12.8 Å². The van der Waals surface area contributed by atoms with Gasteiger partial charge in [0.15, 0.2) is 0 Å². The van der Waals surface area contributed by atoms with Gasteiger partial charge in [0.05, 0.1) is 12.6 Å². The number of hydrogen-bond acceptors (Lipinski definition) is 3. The summed E-state index contributed by atoms with van der Waals surface area (Å²) in [6, 6.07) is -0.305. The molecule has 86 valence electrons. The molecule has 1 aliphatic rings. The molecule has 1 heterocycles. The maximum Gasteiger partial charge on any atom is 0.236 e. The van der Waals surface area contributed by atoms with E-state index in [-0.39, 0.29) is 17.9 Å². The van der Waals surface area contributed by atoms with Gasteiger partial charge in [-0.3, -0.25) is 14.5 Å². The Morgan fingerprint density at radius 1 is 1.53 bits per heavy atom. The SMILES string of the molecule is CCC(C(N)=O)N1CCCN(C)C(=O)C1. The molecule has 0 saturated carbocycles. The lowest BCUT2D eigenvalue weighted by molar-refractivity contribution is -0.131. The van der Waals surface area contributed by atoms with Gasteiger partial charge in [-0.25, -0.2) is 0 Å².